The zero-order valence-electron chi connectivity index (χ0n) is 18.2. The number of H-pyrrole nitrogens is 1. The molecule has 2 aromatic carbocycles. The monoisotopic (exact) mass is 452 g/mol. The number of ketones is 1. The normalized spacial score (nSPS) is 11.7. The number of Topliss-reactive ketones (excluding diaryl/α,β-unsaturated/α-hetero) is 1. The summed E-state index contributed by atoms with van der Waals surface area (Å²) in [4.78, 5) is 41.6. The summed E-state index contributed by atoms with van der Waals surface area (Å²) in [6, 6.07) is 12.2. The Labute approximate surface area is 190 Å². The number of nitro benzene ring substituents is 1. The maximum Gasteiger partial charge on any atom is 0.304 e. The van der Waals surface area contributed by atoms with Crippen LogP contribution >= 0.6 is 0 Å². The van der Waals surface area contributed by atoms with Crippen LogP contribution in [0.3, 0.4) is 0 Å². The van der Waals surface area contributed by atoms with Gasteiger partial charge < -0.3 is 15.1 Å². The molecule has 0 spiro atoms. The molecule has 3 rings (SSSR count). The second-order valence-corrected chi connectivity index (χ2v) is 7.80. The van der Waals surface area contributed by atoms with E-state index < -0.39 is 28.4 Å². The van der Waals surface area contributed by atoms with Gasteiger partial charge >= 0.3 is 5.69 Å². The Morgan fingerprint density at radius 1 is 1.15 bits per heavy atom. The van der Waals surface area contributed by atoms with Crippen molar-refractivity contribution in [2.75, 3.05) is 0 Å². The van der Waals surface area contributed by atoms with Gasteiger partial charge in [0.2, 0.25) is 5.82 Å². The molecule has 1 heterocycles. The lowest BCUT2D eigenvalue weighted by Crippen LogP contribution is -2.29. The number of imidazole rings is 1. The minimum absolute atomic E-state index is 0.0190. The number of carbonyl (C=O) groups is 2. The Morgan fingerprint density at radius 3 is 2.58 bits per heavy atom. The SMILES string of the molecule is CC(=O)CCCCC[C@H](NC(=O)c1ccc([N+](=O)[O-])c(F)c1)c1ncc(-c2ccccc2)[nH]1. The smallest absolute Gasteiger partial charge is 0.304 e. The highest BCUT2D eigenvalue weighted by Crippen LogP contribution is 2.24. The van der Waals surface area contributed by atoms with Crippen molar-refractivity contribution in [2.24, 2.45) is 0 Å². The highest BCUT2D eigenvalue weighted by molar-refractivity contribution is 5.94. The van der Waals surface area contributed by atoms with Gasteiger partial charge in [-0.05, 0) is 37.5 Å². The molecular weight excluding hydrogens is 427 g/mol. The van der Waals surface area contributed by atoms with Crippen LogP contribution in [0.5, 0.6) is 0 Å². The van der Waals surface area contributed by atoms with Crippen LogP contribution < -0.4 is 5.32 Å². The first-order chi connectivity index (χ1) is 15.8. The molecule has 1 aromatic heterocycles. The van der Waals surface area contributed by atoms with Crippen LogP contribution in [0.4, 0.5) is 10.1 Å². The fourth-order valence-corrected chi connectivity index (χ4v) is 3.49. The number of nitro groups is 1. The summed E-state index contributed by atoms with van der Waals surface area (Å²) in [6.07, 6.45) is 5.07. The zero-order valence-corrected chi connectivity index (χ0v) is 18.2. The second-order valence-electron chi connectivity index (χ2n) is 7.80. The highest BCUT2D eigenvalue weighted by Gasteiger charge is 2.21. The van der Waals surface area contributed by atoms with E-state index in [1.165, 1.54) is 6.07 Å². The van der Waals surface area contributed by atoms with Gasteiger partial charge in [-0.15, -0.1) is 0 Å². The molecule has 33 heavy (non-hydrogen) atoms. The van der Waals surface area contributed by atoms with Gasteiger partial charge in [-0.3, -0.25) is 14.9 Å². The first-order valence-corrected chi connectivity index (χ1v) is 10.7. The Bertz CT molecular complexity index is 1130. The van der Waals surface area contributed by atoms with Crippen LogP contribution in [0.15, 0.2) is 54.7 Å². The first kappa shape index (κ1) is 23.8. The predicted molar refractivity (Wildman–Crippen MR) is 121 cm³/mol. The van der Waals surface area contributed by atoms with Crippen molar-refractivity contribution in [3.8, 4) is 11.3 Å². The fourth-order valence-electron chi connectivity index (χ4n) is 3.49. The summed E-state index contributed by atoms with van der Waals surface area (Å²) in [6.45, 7) is 1.56. The van der Waals surface area contributed by atoms with Crippen LogP contribution in [0.2, 0.25) is 0 Å². The van der Waals surface area contributed by atoms with E-state index in [4.69, 9.17) is 0 Å². The summed E-state index contributed by atoms with van der Waals surface area (Å²) < 4.78 is 14.0. The van der Waals surface area contributed by atoms with Crippen molar-refractivity contribution in [2.45, 2.75) is 45.1 Å². The lowest BCUT2D eigenvalue weighted by atomic mass is 10.0. The number of benzene rings is 2. The van der Waals surface area contributed by atoms with Crippen molar-refractivity contribution < 1.29 is 18.9 Å². The van der Waals surface area contributed by atoms with Crippen LogP contribution in [0.25, 0.3) is 11.3 Å². The number of unbranched alkanes of at least 4 members (excludes halogenated alkanes) is 2. The van der Waals surface area contributed by atoms with Gasteiger partial charge in [0.1, 0.15) is 11.6 Å². The number of nitrogens with zero attached hydrogens (tertiary/aromatic N) is 2. The van der Waals surface area contributed by atoms with E-state index in [-0.39, 0.29) is 11.3 Å². The summed E-state index contributed by atoms with van der Waals surface area (Å²) in [7, 11) is 0. The van der Waals surface area contributed by atoms with Crippen molar-refractivity contribution in [1.29, 1.82) is 0 Å². The van der Waals surface area contributed by atoms with Crippen LogP contribution in [-0.2, 0) is 4.79 Å². The second kappa shape index (κ2) is 11.1. The molecule has 9 heteroatoms. The van der Waals surface area contributed by atoms with Gasteiger partial charge in [-0.1, -0.05) is 43.2 Å². The van der Waals surface area contributed by atoms with Crippen LogP contribution in [0, 0.1) is 15.9 Å². The van der Waals surface area contributed by atoms with Gasteiger partial charge in [0.05, 0.1) is 22.9 Å². The van der Waals surface area contributed by atoms with Gasteiger partial charge in [0, 0.05) is 18.1 Å². The van der Waals surface area contributed by atoms with Crippen LogP contribution in [-0.4, -0.2) is 26.6 Å². The van der Waals surface area contributed by atoms with E-state index in [0.29, 0.717) is 18.7 Å². The molecule has 0 saturated heterocycles. The molecule has 1 atom stereocenters. The van der Waals surface area contributed by atoms with E-state index >= 15 is 0 Å². The number of aromatic amines is 1. The molecule has 0 fully saturated rings. The number of halogens is 1. The third kappa shape index (κ3) is 6.55. The van der Waals surface area contributed by atoms with E-state index in [9.17, 15) is 24.1 Å². The number of aromatic nitrogens is 2. The highest BCUT2D eigenvalue weighted by atomic mass is 19.1. The Kier molecular flexibility index (Phi) is 8.01. The largest absolute Gasteiger partial charge is 0.342 e. The number of hydrogen-bond donors (Lipinski definition) is 2. The number of amides is 1. The van der Waals surface area contributed by atoms with Gasteiger partial charge in [0.15, 0.2) is 0 Å². The molecule has 0 aliphatic rings. The van der Waals surface area contributed by atoms with Gasteiger partial charge in [0.25, 0.3) is 5.91 Å². The molecule has 3 aromatic rings. The topological polar surface area (TPSA) is 118 Å². The van der Waals surface area contributed by atoms with Crippen molar-refractivity contribution in [3.63, 3.8) is 0 Å². The zero-order chi connectivity index (χ0) is 23.8. The Hall–Kier alpha value is -3.88. The minimum Gasteiger partial charge on any atom is -0.342 e. The average Bonchev–Trinajstić information content (AvgIpc) is 3.28. The number of carbonyl (C=O) groups excluding carboxylic acids is 2. The first-order valence-electron chi connectivity index (χ1n) is 10.7. The summed E-state index contributed by atoms with van der Waals surface area (Å²) in [5.74, 6) is -0.942. The van der Waals surface area contributed by atoms with E-state index in [1.807, 2.05) is 30.3 Å². The molecule has 8 nitrogen and oxygen atoms in total. The fraction of sp³-hybridized carbons (Fsp3) is 0.292. The standard InChI is InChI=1S/C24H25FN4O4/c1-16(30)8-4-2-7-11-20(23-26-15-21(27-23)17-9-5-3-6-10-17)28-24(31)18-12-13-22(29(32)33)19(25)14-18/h3,5-6,9-10,12-15,20H,2,4,7-8,11H2,1H3,(H,26,27)(H,28,31)/t20-/m0/s1. The van der Waals surface area contributed by atoms with Crippen molar-refractivity contribution in [1.82, 2.24) is 15.3 Å². The summed E-state index contributed by atoms with van der Waals surface area (Å²) in [5.41, 5.74) is 1.03. The molecule has 172 valence electrons. The molecule has 0 radical (unpaired) electrons. The van der Waals surface area contributed by atoms with Gasteiger partial charge in [-0.2, -0.15) is 4.39 Å². The molecule has 0 saturated carbocycles. The van der Waals surface area contributed by atoms with E-state index in [0.717, 1.165) is 42.7 Å². The molecule has 1 amide bonds. The molecule has 0 aliphatic heterocycles. The molecule has 0 unspecified atom stereocenters. The van der Waals surface area contributed by atoms with Crippen molar-refractivity contribution in [3.05, 3.63) is 82.0 Å². The molecule has 0 bridgehead atoms. The number of rotatable bonds is 11. The van der Waals surface area contributed by atoms with Gasteiger partial charge in [-0.25, -0.2) is 4.98 Å². The lowest BCUT2D eigenvalue weighted by molar-refractivity contribution is -0.387. The molecular formula is C24H25FN4O4. The molecule has 2 N–H and O–H groups in total. The quantitative estimate of drug-likeness (QED) is 0.237. The Morgan fingerprint density at radius 2 is 1.91 bits per heavy atom. The number of hydrogen-bond acceptors (Lipinski definition) is 5. The van der Waals surface area contributed by atoms with E-state index in [2.05, 4.69) is 15.3 Å². The van der Waals surface area contributed by atoms with Crippen LogP contribution in [0.1, 0.15) is 61.3 Å². The average molecular weight is 452 g/mol. The third-order valence-electron chi connectivity index (χ3n) is 5.24. The Balaban J connectivity index is 1.76. The summed E-state index contributed by atoms with van der Waals surface area (Å²) in [5, 5.41) is 13.7. The lowest BCUT2D eigenvalue weighted by Gasteiger charge is -2.17. The number of nitrogens with one attached hydrogen (secondary N) is 2. The molecule has 0 aliphatic carbocycles. The maximum atomic E-state index is 14.0. The third-order valence-corrected chi connectivity index (χ3v) is 5.24. The predicted octanol–water partition coefficient (Wildman–Crippen LogP) is 5.13. The van der Waals surface area contributed by atoms with Crippen molar-refractivity contribution >= 4 is 17.4 Å². The summed E-state index contributed by atoms with van der Waals surface area (Å²) >= 11 is 0. The minimum atomic E-state index is -1.07. The maximum absolute atomic E-state index is 14.0. The van der Waals surface area contributed by atoms with E-state index in [1.54, 1.807) is 13.1 Å².